The molecule has 0 atom stereocenters. The van der Waals surface area contributed by atoms with E-state index in [0.29, 0.717) is 6.42 Å². The summed E-state index contributed by atoms with van der Waals surface area (Å²) in [6.45, 7) is 1.71. The van der Waals surface area contributed by atoms with Crippen LogP contribution in [0, 0.1) is 0 Å². The average molecular weight is 260 g/mol. The van der Waals surface area contributed by atoms with Crippen LogP contribution in [0.3, 0.4) is 0 Å². The van der Waals surface area contributed by atoms with Crippen LogP contribution in [0.2, 0.25) is 0 Å². The highest BCUT2D eigenvalue weighted by Gasteiger charge is 2.47. The molecule has 6 nitrogen and oxygen atoms in total. The molecule has 0 fully saturated rings. The van der Waals surface area contributed by atoms with Crippen molar-refractivity contribution in [2.45, 2.75) is 18.7 Å². The lowest BCUT2D eigenvalue weighted by atomic mass is 10.6. The molecule has 92 valence electrons. The zero-order valence-electron chi connectivity index (χ0n) is 9.63. The third-order valence-corrected chi connectivity index (χ3v) is 8.04. The van der Waals surface area contributed by atoms with E-state index in [0.717, 1.165) is 0 Å². The van der Waals surface area contributed by atoms with Crippen LogP contribution in [-0.2, 0) is 27.2 Å². The van der Waals surface area contributed by atoms with E-state index in [4.69, 9.17) is 18.1 Å². The maximum atomic E-state index is 12.1. The van der Waals surface area contributed by atoms with Gasteiger partial charge in [0.1, 0.15) is 0 Å². The lowest BCUT2D eigenvalue weighted by Crippen LogP contribution is -2.13. The number of hydrogen-bond donors (Lipinski definition) is 0. The molecule has 0 heterocycles. The minimum Gasteiger partial charge on any atom is -0.311 e. The van der Waals surface area contributed by atoms with E-state index in [1.807, 2.05) is 0 Å². The van der Waals surface area contributed by atoms with Crippen molar-refractivity contribution < 1.29 is 27.2 Å². The third-order valence-electron chi connectivity index (χ3n) is 2.11. The van der Waals surface area contributed by atoms with Crippen LogP contribution in [-0.4, -0.2) is 33.8 Å². The summed E-state index contributed by atoms with van der Waals surface area (Å²) in [6.07, 6.45) is 0.303. The van der Waals surface area contributed by atoms with E-state index < -0.39 is 20.6 Å². The Morgan fingerprint density at radius 2 is 1.13 bits per heavy atom. The van der Waals surface area contributed by atoms with Crippen LogP contribution < -0.4 is 0 Å². The van der Waals surface area contributed by atoms with Crippen LogP contribution in [0.4, 0.5) is 0 Å². The number of hydrogen-bond acceptors (Lipinski definition) is 6. The second kappa shape index (κ2) is 6.14. The predicted octanol–water partition coefficient (Wildman–Crippen LogP) is 2.69. The first kappa shape index (κ1) is 15.3. The molecule has 0 N–H and O–H groups in total. The Morgan fingerprint density at radius 3 is 1.27 bits per heavy atom. The van der Waals surface area contributed by atoms with Crippen molar-refractivity contribution in [2.75, 3.05) is 28.4 Å². The molecule has 15 heavy (non-hydrogen) atoms. The first-order valence-electron chi connectivity index (χ1n) is 4.36. The predicted molar refractivity (Wildman–Crippen MR) is 57.3 cm³/mol. The summed E-state index contributed by atoms with van der Waals surface area (Å²) in [6, 6.07) is 0. The second-order valence-electron chi connectivity index (χ2n) is 2.70. The summed E-state index contributed by atoms with van der Waals surface area (Å²) in [7, 11) is -1.96. The topological polar surface area (TPSA) is 71.1 Å². The summed E-state index contributed by atoms with van der Waals surface area (Å²) in [5.41, 5.74) is 0. The molecule has 0 aromatic rings. The molecule has 0 aliphatic carbocycles. The van der Waals surface area contributed by atoms with Crippen molar-refractivity contribution in [1.82, 2.24) is 0 Å². The van der Waals surface area contributed by atoms with Crippen LogP contribution in [0.5, 0.6) is 0 Å². The zero-order valence-corrected chi connectivity index (χ0v) is 11.4. The van der Waals surface area contributed by atoms with E-state index >= 15 is 0 Å². The lowest BCUT2D eigenvalue weighted by Gasteiger charge is -2.27. The van der Waals surface area contributed by atoms with Gasteiger partial charge in [0.25, 0.3) is 0 Å². The molecule has 0 aliphatic heterocycles. The lowest BCUT2D eigenvalue weighted by molar-refractivity contribution is 0.246. The second-order valence-corrected chi connectivity index (χ2v) is 7.97. The fourth-order valence-electron chi connectivity index (χ4n) is 1.26. The molecule has 0 aromatic heterocycles. The summed E-state index contributed by atoms with van der Waals surface area (Å²) in [5.74, 6) is 0. The Bertz CT molecular complexity index is 237. The van der Waals surface area contributed by atoms with Gasteiger partial charge in [-0.1, -0.05) is 6.92 Å². The van der Waals surface area contributed by atoms with Crippen molar-refractivity contribution in [2.24, 2.45) is 0 Å². The van der Waals surface area contributed by atoms with Crippen molar-refractivity contribution in [3.8, 4) is 0 Å². The normalized spacial score (nSPS) is 13.5. The zero-order chi connectivity index (χ0) is 12.1. The van der Waals surface area contributed by atoms with Crippen LogP contribution in [0.25, 0.3) is 0 Å². The van der Waals surface area contributed by atoms with Gasteiger partial charge in [0.15, 0.2) is 5.40 Å². The van der Waals surface area contributed by atoms with Crippen molar-refractivity contribution in [1.29, 1.82) is 0 Å². The summed E-state index contributed by atoms with van der Waals surface area (Å²) in [4.78, 5) is 0. The SMILES string of the molecule is CCC(P(=O)(OC)OC)P(=O)(OC)OC. The van der Waals surface area contributed by atoms with Gasteiger partial charge in [-0.3, -0.25) is 9.13 Å². The maximum absolute atomic E-state index is 12.1. The molecule has 8 heteroatoms. The van der Waals surface area contributed by atoms with E-state index in [9.17, 15) is 9.13 Å². The van der Waals surface area contributed by atoms with Gasteiger partial charge in [-0.05, 0) is 6.42 Å². The molecule has 0 saturated carbocycles. The van der Waals surface area contributed by atoms with E-state index in [-0.39, 0.29) is 0 Å². The quantitative estimate of drug-likeness (QED) is 0.655. The highest BCUT2D eigenvalue weighted by Crippen LogP contribution is 2.70. The smallest absolute Gasteiger partial charge is 0.311 e. The molecule has 0 radical (unpaired) electrons. The highest BCUT2D eigenvalue weighted by atomic mass is 31.2. The molecule has 0 aromatic carbocycles. The largest absolute Gasteiger partial charge is 0.345 e. The van der Waals surface area contributed by atoms with E-state index in [1.165, 1.54) is 28.4 Å². The standard InChI is InChI=1S/C7H18O6P2/c1-6-7(14(8,10-2)11-3)15(9,12-4)13-5/h7H,6H2,1-5H3. The minimum atomic E-state index is -3.46. The molecular formula is C7H18O6P2. The van der Waals surface area contributed by atoms with Crippen molar-refractivity contribution in [3.63, 3.8) is 0 Å². The first-order valence-corrected chi connectivity index (χ1v) is 7.58. The Labute approximate surface area is 90.3 Å². The fourth-order valence-corrected chi connectivity index (χ4v) is 5.94. The van der Waals surface area contributed by atoms with Crippen LogP contribution in [0.1, 0.15) is 13.3 Å². The number of rotatable bonds is 7. The molecule has 0 saturated heterocycles. The van der Waals surface area contributed by atoms with Gasteiger partial charge in [0.05, 0.1) is 0 Å². The Hall–Kier alpha value is 0.300. The third kappa shape index (κ3) is 3.13. The summed E-state index contributed by atoms with van der Waals surface area (Å²) in [5, 5.41) is -0.907. The molecule has 0 rings (SSSR count). The fraction of sp³-hybridized carbons (Fsp3) is 1.00. The van der Waals surface area contributed by atoms with Gasteiger partial charge < -0.3 is 18.1 Å². The van der Waals surface area contributed by atoms with Gasteiger partial charge in [0, 0.05) is 28.4 Å². The molecule has 0 spiro atoms. The average Bonchev–Trinajstić information content (AvgIpc) is 2.29. The van der Waals surface area contributed by atoms with E-state index in [2.05, 4.69) is 0 Å². The molecular weight excluding hydrogens is 242 g/mol. The first-order chi connectivity index (χ1) is 6.94. The highest BCUT2D eigenvalue weighted by molar-refractivity contribution is 7.72. The van der Waals surface area contributed by atoms with Crippen LogP contribution in [0.15, 0.2) is 0 Å². The summed E-state index contributed by atoms with van der Waals surface area (Å²) < 4.78 is 43.3. The maximum Gasteiger partial charge on any atom is 0.345 e. The minimum absolute atomic E-state index is 0.303. The molecule has 0 amide bonds. The molecule has 0 unspecified atom stereocenters. The van der Waals surface area contributed by atoms with Crippen LogP contribution >= 0.6 is 15.2 Å². The monoisotopic (exact) mass is 260 g/mol. The van der Waals surface area contributed by atoms with Gasteiger partial charge in [0.2, 0.25) is 0 Å². The Morgan fingerprint density at radius 1 is 0.867 bits per heavy atom. The van der Waals surface area contributed by atoms with Crippen molar-refractivity contribution in [3.05, 3.63) is 0 Å². The van der Waals surface area contributed by atoms with Gasteiger partial charge in [-0.2, -0.15) is 0 Å². The van der Waals surface area contributed by atoms with Gasteiger partial charge >= 0.3 is 15.2 Å². The van der Waals surface area contributed by atoms with Gasteiger partial charge in [-0.15, -0.1) is 0 Å². The van der Waals surface area contributed by atoms with Crippen molar-refractivity contribution >= 4 is 15.2 Å². The molecule has 0 bridgehead atoms. The Balaban J connectivity index is 5.22. The van der Waals surface area contributed by atoms with E-state index in [1.54, 1.807) is 6.92 Å². The Kier molecular flexibility index (Phi) is 6.26. The summed E-state index contributed by atoms with van der Waals surface area (Å²) >= 11 is 0. The van der Waals surface area contributed by atoms with Gasteiger partial charge in [-0.25, -0.2) is 0 Å². The molecule has 0 aliphatic rings.